The maximum atomic E-state index is 6.96. The van der Waals surface area contributed by atoms with Crippen LogP contribution in [0.2, 0.25) is 0 Å². The van der Waals surface area contributed by atoms with Crippen molar-refractivity contribution in [2.45, 2.75) is 19.3 Å². The molecule has 2 heteroatoms. The largest absolute Gasteiger partial charge is 0.455 e. The molecule has 8 aromatic carbocycles. The molecule has 45 heavy (non-hydrogen) atoms. The molecule has 1 aromatic heterocycles. The Labute approximate surface area is 261 Å². The monoisotopic (exact) mass is 575 g/mol. The van der Waals surface area contributed by atoms with Gasteiger partial charge in [0.25, 0.3) is 0 Å². The van der Waals surface area contributed by atoms with Gasteiger partial charge in [0, 0.05) is 50.1 Å². The number of anilines is 3. The number of benzene rings is 8. The van der Waals surface area contributed by atoms with Gasteiger partial charge in [-0.05, 0) is 86.3 Å². The molecule has 0 aliphatic heterocycles. The van der Waals surface area contributed by atoms with E-state index in [-0.39, 0.29) is 5.41 Å². The highest BCUT2D eigenvalue weighted by Gasteiger charge is 2.35. The van der Waals surface area contributed by atoms with Crippen LogP contribution in [0.5, 0.6) is 0 Å². The van der Waals surface area contributed by atoms with Gasteiger partial charge in [-0.3, -0.25) is 0 Å². The highest BCUT2D eigenvalue weighted by atomic mass is 16.3. The number of furan rings is 1. The van der Waals surface area contributed by atoms with E-state index in [9.17, 15) is 0 Å². The summed E-state index contributed by atoms with van der Waals surface area (Å²) in [6.45, 7) is 4.73. The highest BCUT2D eigenvalue weighted by Crippen LogP contribution is 2.54. The van der Waals surface area contributed by atoms with Crippen LogP contribution in [0, 0.1) is 0 Å². The first-order valence-corrected chi connectivity index (χ1v) is 15.7. The summed E-state index contributed by atoms with van der Waals surface area (Å²) in [5, 5.41) is 10.1. The van der Waals surface area contributed by atoms with Crippen molar-refractivity contribution in [1.29, 1.82) is 0 Å². The van der Waals surface area contributed by atoms with Crippen LogP contribution >= 0.6 is 0 Å². The van der Waals surface area contributed by atoms with E-state index in [1.165, 1.54) is 60.0 Å². The Morgan fingerprint density at radius 2 is 1.18 bits per heavy atom. The molecular weight excluding hydrogens is 546 g/mol. The standard InChI is InChI=1S/C43H29NO/c1-43(2)35-19-10-9-17-30(35)34-24-26-12-11-18-32-38(26)41-33(22-23-36(43)40(34)41)42-39(32)31-21-20-29(25-37(31)45-42)44(27-13-5-3-6-14-27)28-15-7-4-8-16-28/h3-25H,1-2H3. The first kappa shape index (κ1) is 24.8. The fourth-order valence-electron chi connectivity index (χ4n) is 8.16. The zero-order valence-corrected chi connectivity index (χ0v) is 25.1. The summed E-state index contributed by atoms with van der Waals surface area (Å²) >= 11 is 0. The van der Waals surface area contributed by atoms with Crippen LogP contribution in [-0.2, 0) is 5.41 Å². The normalized spacial score (nSPS) is 13.7. The highest BCUT2D eigenvalue weighted by molar-refractivity contribution is 6.38. The molecule has 0 atom stereocenters. The molecule has 0 saturated carbocycles. The Morgan fingerprint density at radius 3 is 1.96 bits per heavy atom. The van der Waals surface area contributed by atoms with Gasteiger partial charge in [-0.15, -0.1) is 0 Å². The van der Waals surface area contributed by atoms with E-state index in [1.54, 1.807) is 0 Å². The lowest BCUT2D eigenvalue weighted by atomic mass is 9.67. The number of nitrogens with zero attached hydrogens (tertiary/aromatic N) is 1. The van der Waals surface area contributed by atoms with Crippen LogP contribution in [0.3, 0.4) is 0 Å². The van der Waals surface area contributed by atoms with Crippen LogP contribution in [0.4, 0.5) is 17.1 Å². The first-order chi connectivity index (χ1) is 22.1. The summed E-state index contributed by atoms with van der Waals surface area (Å²) in [4.78, 5) is 2.29. The molecule has 9 aromatic rings. The smallest absolute Gasteiger partial charge is 0.143 e. The van der Waals surface area contributed by atoms with Crippen LogP contribution < -0.4 is 4.90 Å². The number of hydrogen-bond donors (Lipinski definition) is 0. The van der Waals surface area contributed by atoms with Gasteiger partial charge in [-0.25, -0.2) is 0 Å². The Hall–Kier alpha value is -5.60. The molecule has 0 radical (unpaired) electrons. The topological polar surface area (TPSA) is 16.4 Å². The molecule has 10 rings (SSSR count). The average Bonchev–Trinajstić information content (AvgIpc) is 3.47. The molecule has 1 aliphatic rings. The Balaban J connectivity index is 1.31. The second-order valence-electron chi connectivity index (χ2n) is 12.9. The number of para-hydroxylation sites is 2. The van der Waals surface area contributed by atoms with Gasteiger partial charge in [-0.2, -0.15) is 0 Å². The van der Waals surface area contributed by atoms with Crippen molar-refractivity contribution in [3.8, 4) is 11.1 Å². The fourth-order valence-corrected chi connectivity index (χ4v) is 8.16. The summed E-state index contributed by atoms with van der Waals surface area (Å²) in [7, 11) is 0. The first-order valence-electron chi connectivity index (χ1n) is 15.7. The molecule has 0 spiro atoms. The van der Waals surface area contributed by atoms with Crippen molar-refractivity contribution in [3.05, 3.63) is 151 Å². The lowest BCUT2D eigenvalue weighted by molar-refractivity contribution is 0.645. The molecule has 0 N–H and O–H groups in total. The second-order valence-corrected chi connectivity index (χ2v) is 12.9. The summed E-state index contributed by atoms with van der Waals surface area (Å²) in [6, 6.07) is 50.6. The van der Waals surface area contributed by atoms with Crippen LogP contribution in [0.25, 0.3) is 65.4 Å². The van der Waals surface area contributed by atoms with Gasteiger partial charge in [0.1, 0.15) is 11.2 Å². The molecule has 0 amide bonds. The van der Waals surface area contributed by atoms with E-state index < -0.39 is 0 Å². The maximum Gasteiger partial charge on any atom is 0.143 e. The predicted molar refractivity (Wildman–Crippen MR) is 190 cm³/mol. The summed E-state index contributed by atoms with van der Waals surface area (Å²) in [6.07, 6.45) is 0. The van der Waals surface area contributed by atoms with Crippen molar-refractivity contribution in [2.24, 2.45) is 0 Å². The van der Waals surface area contributed by atoms with Crippen molar-refractivity contribution < 1.29 is 4.42 Å². The maximum absolute atomic E-state index is 6.96. The van der Waals surface area contributed by atoms with E-state index in [0.717, 1.165) is 33.6 Å². The van der Waals surface area contributed by atoms with Crippen molar-refractivity contribution in [3.63, 3.8) is 0 Å². The van der Waals surface area contributed by atoms with E-state index in [4.69, 9.17) is 4.42 Å². The number of rotatable bonds is 3. The van der Waals surface area contributed by atoms with Crippen LogP contribution in [-0.4, -0.2) is 0 Å². The van der Waals surface area contributed by atoms with Gasteiger partial charge in [-0.1, -0.05) is 105 Å². The Morgan fingerprint density at radius 1 is 0.467 bits per heavy atom. The predicted octanol–water partition coefficient (Wildman–Crippen LogP) is 12.3. The SMILES string of the molecule is CC1(C)c2ccccc2-c2cc3cccc4c5c6ccc(N(c7ccccc7)c7ccccc7)cc6oc5c5ccc1c2c5c34. The van der Waals surface area contributed by atoms with Gasteiger partial charge < -0.3 is 9.32 Å². The Kier molecular flexibility index (Phi) is 4.82. The minimum Gasteiger partial charge on any atom is -0.455 e. The zero-order valence-electron chi connectivity index (χ0n) is 25.1. The van der Waals surface area contributed by atoms with Crippen LogP contribution in [0.1, 0.15) is 25.0 Å². The number of hydrogen-bond acceptors (Lipinski definition) is 2. The van der Waals surface area contributed by atoms with E-state index in [1.807, 2.05) is 0 Å². The molecule has 0 fully saturated rings. The summed E-state index contributed by atoms with van der Waals surface area (Å²) < 4.78 is 6.96. The lowest BCUT2D eigenvalue weighted by Gasteiger charge is -2.36. The number of fused-ring (bicyclic) bond motifs is 7. The third kappa shape index (κ3) is 3.24. The minimum absolute atomic E-state index is 0.105. The van der Waals surface area contributed by atoms with E-state index >= 15 is 0 Å². The molecule has 0 bridgehead atoms. The Bertz CT molecular complexity index is 2570. The lowest BCUT2D eigenvalue weighted by Crippen LogP contribution is -2.23. The quantitative estimate of drug-likeness (QED) is 0.195. The molecule has 1 aliphatic carbocycles. The zero-order chi connectivity index (χ0) is 29.9. The van der Waals surface area contributed by atoms with E-state index in [0.29, 0.717) is 0 Å². The van der Waals surface area contributed by atoms with Crippen molar-refractivity contribution >= 4 is 71.3 Å². The average molecular weight is 576 g/mol. The van der Waals surface area contributed by atoms with Gasteiger partial charge in [0.05, 0.1) is 0 Å². The molecular formula is C43H29NO. The van der Waals surface area contributed by atoms with Crippen molar-refractivity contribution in [2.75, 3.05) is 4.90 Å². The molecule has 0 unspecified atom stereocenters. The van der Waals surface area contributed by atoms with Gasteiger partial charge >= 0.3 is 0 Å². The van der Waals surface area contributed by atoms with Gasteiger partial charge in [0.2, 0.25) is 0 Å². The molecule has 2 nitrogen and oxygen atoms in total. The fraction of sp³-hybridized carbons (Fsp3) is 0.0698. The molecule has 212 valence electrons. The van der Waals surface area contributed by atoms with Crippen molar-refractivity contribution in [1.82, 2.24) is 0 Å². The van der Waals surface area contributed by atoms with Crippen LogP contribution in [0.15, 0.2) is 144 Å². The van der Waals surface area contributed by atoms with E-state index in [2.05, 4.69) is 158 Å². The molecule has 0 saturated heterocycles. The van der Waals surface area contributed by atoms with Gasteiger partial charge in [0.15, 0.2) is 0 Å². The molecule has 1 heterocycles. The summed E-state index contributed by atoms with van der Waals surface area (Å²) in [5.41, 5.74) is 10.5. The third-order valence-electron chi connectivity index (χ3n) is 10.2. The minimum atomic E-state index is -0.105. The second kappa shape index (κ2) is 8.74. The summed E-state index contributed by atoms with van der Waals surface area (Å²) in [5.74, 6) is 0. The third-order valence-corrected chi connectivity index (χ3v) is 10.2.